The van der Waals surface area contributed by atoms with Crippen LogP contribution in [0.15, 0.2) is 28.7 Å². The lowest BCUT2D eigenvalue weighted by molar-refractivity contribution is -0.131. The Morgan fingerprint density at radius 2 is 2.12 bits per heavy atom. The van der Waals surface area contributed by atoms with E-state index in [4.69, 9.17) is 4.42 Å². The van der Waals surface area contributed by atoms with Crippen LogP contribution >= 0.6 is 0 Å². The summed E-state index contributed by atoms with van der Waals surface area (Å²) in [6, 6.07) is 7.81. The fraction of sp³-hybridized carbons (Fsp3) is 0.450. The van der Waals surface area contributed by atoms with Gasteiger partial charge in [-0.25, -0.2) is 4.98 Å². The molecule has 0 spiro atoms. The molecule has 0 bridgehead atoms. The number of aryl methyl sites for hydroxylation is 2. The van der Waals surface area contributed by atoms with Crippen LogP contribution in [0.25, 0.3) is 11.1 Å². The highest BCUT2D eigenvalue weighted by Gasteiger charge is 2.28. The average molecular weight is 352 g/mol. The monoisotopic (exact) mass is 352 g/mol. The zero-order valence-corrected chi connectivity index (χ0v) is 15.5. The summed E-state index contributed by atoms with van der Waals surface area (Å²) in [6.45, 7) is 5.45. The van der Waals surface area contributed by atoms with Gasteiger partial charge in [0.15, 0.2) is 11.5 Å². The van der Waals surface area contributed by atoms with E-state index >= 15 is 0 Å². The Hall–Kier alpha value is -2.63. The first-order chi connectivity index (χ1) is 12.5. The van der Waals surface area contributed by atoms with E-state index in [1.165, 1.54) is 0 Å². The number of oxazole rings is 1. The molecule has 6 nitrogen and oxygen atoms in total. The van der Waals surface area contributed by atoms with Crippen molar-refractivity contribution in [3.63, 3.8) is 0 Å². The quantitative estimate of drug-likeness (QED) is 0.726. The summed E-state index contributed by atoms with van der Waals surface area (Å²) >= 11 is 0. The largest absolute Gasteiger partial charge is 0.440 e. The molecule has 2 aromatic heterocycles. The molecule has 1 saturated heterocycles. The van der Waals surface area contributed by atoms with Gasteiger partial charge in [0.25, 0.3) is 0 Å². The maximum absolute atomic E-state index is 12.9. The molecular weight excluding hydrogens is 328 g/mol. The van der Waals surface area contributed by atoms with Gasteiger partial charge < -0.3 is 9.32 Å². The highest BCUT2D eigenvalue weighted by atomic mass is 16.3. The standard InChI is InChI=1S/C20H24N4O2/c1-13-16(14(2)23(3)22-13)11-19(25)24-10-6-7-15(12-24)20-21-17-8-4-5-9-18(17)26-20/h4-5,8-9,15H,6-7,10-12H2,1-3H3. The van der Waals surface area contributed by atoms with Gasteiger partial charge in [0, 0.05) is 31.4 Å². The van der Waals surface area contributed by atoms with E-state index in [2.05, 4.69) is 10.1 Å². The first-order valence-electron chi connectivity index (χ1n) is 9.15. The van der Waals surface area contributed by atoms with E-state index in [-0.39, 0.29) is 11.8 Å². The summed E-state index contributed by atoms with van der Waals surface area (Å²) in [5.41, 5.74) is 4.73. The predicted octanol–water partition coefficient (Wildman–Crippen LogP) is 3.13. The van der Waals surface area contributed by atoms with Crippen molar-refractivity contribution in [3.8, 4) is 0 Å². The normalized spacial score (nSPS) is 17.8. The van der Waals surface area contributed by atoms with Crippen molar-refractivity contribution in [1.82, 2.24) is 19.7 Å². The molecular formula is C20H24N4O2. The van der Waals surface area contributed by atoms with Crippen molar-refractivity contribution in [2.45, 2.75) is 39.0 Å². The number of benzene rings is 1. The first-order valence-corrected chi connectivity index (χ1v) is 9.15. The fourth-order valence-corrected chi connectivity index (χ4v) is 3.81. The number of para-hydroxylation sites is 2. The first kappa shape index (κ1) is 16.8. The van der Waals surface area contributed by atoms with E-state index < -0.39 is 0 Å². The van der Waals surface area contributed by atoms with Gasteiger partial charge in [-0.2, -0.15) is 5.10 Å². The molecule has 0 radical (unpaired) electrons. The number of rotatable bonds is 3. The maximum atomic E-state index is 12.9. The van der Waals surface area contributed by atoms with Crippen molar-refractivity contribution < 1.29 is 9.21 Å². The van der Waals surface area contributed by atoms with Crippen LogP contribution in [-0.2, 0) is 18.3 Å². The molecule has 136 valence electrons. The molecule has 1 amide bonds. The van der Waals surface area contributed by atoms with E-state index in [0.717, 1.165) is 53.3 Å². The minimum Gasteiger partial charge on any atom is -0.440 e. The number of likely N-dealkylation sites (tertiary alicyclic amines) is 1. The molecule has 1 unspecified atom stereocenters. The van der Waals surface area contributed by atoms with Gasteiger partial charge in [-0.05, 0) is 38.8 Å². The summed E-state index contributed by atoms with van der Waals surface area (Å²) in [5.74, 6) is 1.07. The average Bonchev–Trinajstić information content (AvgIpc) is 3.18. The van der Waals surface area contributed by atoms with Gasteiger partial charge in [0.05, 0.1) is 18.0 Å². The molecule has 3 aromatic rings. The second kappa shape index (κ2) is 6.59. The van der Waals surface area contributed by atoms with Gasteiger partial charge in [-0.1, -0.05) is 12.1 Å². The maximum Gasteiger partial charge on any atom is 0.227 e. The molecule has 1 atom stereocenters. The Morgan fingerprint density at radius 1 is 1.31 bits per heavy atom. The number of carbonyl (C=O) groups excluding carboxylic acids is 1. The number of nitrogens with zero attached hydrogens (tertiary/aromatic N) is 4. The number of piperidine rings is 1. The molecule has 0 aliphatic carbocycles. The molecule has 0 N–H and O–H groups in total. The van der Waals surface area contributed by atoms with Crippen molar-refractivity contribution >= 4 is 17.0 Å². The summed E-state index contributed by atoms with van der Waals surface area (Å²) in [5, 5.41) is 4.42. The summed E-state index contributed by atoms with van der Waals surface area (Å²) in [7, 11) is 1.92. The molecule has 1 aliphatic rings. The molecule has 3 heterocycles. The Kier molecular flexibility index (Phi) is 4.26. The van der Waals surface area contributed by atoms with Crippen LogP contribution in [0.2, 0.25) is 0 Å². The van der Waals surface area contributed by atoms with E-state index in [1.807, 2.05) is 54.7 Å². The molecule has 4 rings (SSSR count). The van der Waals surface area contributed by atoms with Gasteiger partial charge >= 0.3 is 0 Å². The topological polar surface area (TPSA) is 64.2 Å². The van der Waals surface area contributed by atoms with Gasteiger partial charge in [-0.3, -0.25) is 9.48 Å². The molecule has 0 saturated carbocycles. The number of fused-ring (bicyclic) bond motifs is 1. The van der Waals surface area contributed by atoms with Gasteiger partial charge in [0.1, 0.15) is 5.52 Å². The van der Waals surface area contributed by atoms with Crippen LogP contribution in [0.1, 0.15) is 41.6 Å². The van der Waals surface area contributed by atoms with Gasteiger partial charge in [0.2, 0.25) is 5.91 Å². The summed E-state index contributed by atoms with van der Waals surface area (Å²) in [6.07, 6.45) is 2.38. The third-order valence-electron chi connectivity index (χ3n) is 5.42. The number of hydrogen-bond donors (Lipinski definition) is 0. The second-order valence-corrected chi connectivity index (χ2v) is 7.15. The molecule has 6 heteroatoms. The third kappa shape index (κ3) is 3.00. The van der Waals surface area contributed by atoms with Crippen LogP contribution in [0.5, 0.6) is 0 Å². The van der Waals surface area contributed by atoms with Crippen LogP contribution < -0.4 is 0 Å². The summed E-state index contributed by atoms with van der Waals surface area (Å²) in [4.78, 5) is 19.4. The third-order valence-corrected chi connectivity index (χ3v) is 5.42. The predicted molar refractivity (Wildman–Crippen MR) is 99.0 cm³/mol. The molecule has 1 aliphatic heterocycles. The number of carbonyl (C=O) groups is 1. The summed E-state index contributed by atoms with van der Waals surface area (Å²) < 4.78 is 7.78. The smallest absolute Gasteiger partial charge is 0.227 e. The lowest BCUT2D eigenvalue weighted by atomic mass is 9.97. The molecule has 1 fully saturated rings. The van der Waals surface area contributed by atoms with Crippen LogP contribution in [0, 0.1) is 13.8 Å². The van der Waals surface area contributed by atoms with Crippen molar-refractivity contribution in [2.75, 3.05) is 13.1 Å². The number of aromatic nitrogens is 3. The highest BCUT2D eigenvalue weighted by molar-refractivity contribution is 5.79. The lowest BCUT2D eigenvalue weighted by Crippen LogP contribution is -2.40. The Bertz CT molecular complexity index is 923. The minimum atomic E-state index is 0.157. The second-order valence-electron chi connectivity index (χ2n) is 7.15. The van der Waals surface area contributed by atoms with Gasteiger partial charge in [-0.15, -0.1) is 0 Å². The Morgan fingerprint density at radius 3 is 2.85 bits per heavy atom. The van der Waals surface area contributed by atoms with E-state index in [9.17, 15) is 4.79 Å². The van der Waals surface area contributed by atoms with Crippen molar-refractivity contribution in [2.24, 2.45) is 7.05 Å². The van der Waals surface area contributed by atoms with E-state index in [0.29, 0.717) is 13.0 Å². The minimum absolute atomic E-state index is 0.157. The van der Waals surface area contributed by atoms with Crippen LogP contribution in [-0.4, -0.2) is 38.7 Å². The highest BCUT2D eigenvalue weighted by Crippen LogP contribution is 2.29. The Balaban J connectivity index is 1.50. The zero-order chi connectivity index (χ0) is 18.3. The van der Waals surface area contributed by atoms with E-state index in [1.54, 1.807) is 0 Å². The SMILES string of the molecule is Cc1nn(C)c(C)c1CC(=O)N1CCCC(c2nc3ccccc3o2)C1. The number of amides is 1. The molecule has 1 aromatic carbocycles. The molecule has 26 heavy (non-hydrogen) atoms. The van der Waals surface area contributed by atoms with Crippen molar-refractivity contribution in [3.05, 3.63) is 47.1 Å². The van der Waals surface area contributed by atoms with Crippen LogP contribution in [0.4, 0.5) is 0 Å². The Labute approximate surface area is 152 Å². The zero-order valence-electron chi connectivity index (χ0n) is 15.5. The fourth-order valence-electron chi connectivity index (χ4n) is 3.81. The van der Waals surface area contributed by atoms with Crippen molar-refractivity contribution in [1.29, 1.82) is 0 Å². The number of hydrogen-bond acceptors (Lipinski definition) is 4. The lowest BCUT2D eigenvalue weighted by Gasteiger charge is -2.31. The van der Waals surface area contributed by atoms with Crippen LogP contribution in [0.3, 0.4) is 0 Å².